The molecule has 18 heavy (non-hydrogen) atoms. The fourth-order valence-corrected chi connectivity index (χ4v) is 2.72. The quantitative estimate of drug-likeness (QED) is 0.793. The summed E-state index contributed by atoms with van der Waals surface area (Å²) in [5, 5.41) is 3.39. The van der Waals surface area contributed by atoms with Gasteiger partial charge in [0.15, 0.2) is 0 Å². The first-order valence-corrected chi connectivity index (χ1v) is 6.34. The minimum atomic E-state index is -0.100. The fraction of sp³-hybridized carbons (Fsp3) is 0.250. The van der Waals surface area contributed by atoms with Crippen LogP contribution in [0.3, 0.4) is 0 Å². The molecule has 92 valence electrons. The van der Waals surface area contributed by atoms with Crippen LogP contribution in [0.2, 0.25) is 0 Å². The Labute approximate surface area is 107 Å². The number of nitrogens with one attached hydrogen (secondary N) is 1. The predicted molar refractivity (Wildman–Crippen MR) is 72.5 cm³/mol. The number of fused-ring (bicyclic) bond motifs is 1. The van der Waals surface area contributed by atoms with Crippen LogP contribution in [0.15, 0.2) is 42.5 Å². The first-order valence-electron chi connectivity index (χ1n) is 6.34. The number of hydrogen-bond donors (Lipinski definition) is 1. The molecule has 0 radical (unpaired) electrons. The molecule has 0 saturated heterocycles. The number of rotatable bonds is 1. The maximum Gasteiger partial charge on any atom is 0.127 e. The van der Waals surface area contributed by atoms with E-state index in [0.29, 0.717) is 0 Å². The van der Waals surface area contributed by atoms with E-state index in [4.69, 9.17) is 0 Å². The van der Waals surface area contributed by atoms with Gasteiger partial charge >= 0.3 is 0 Å². The van der Waals surface area contributed by atoms with Gasteiger partial charge in [0.05, 0.1) is 0 Å². The molecule has 1 N–H and O–H groups in total. The molecule has 0 fully saturated rings. The summed E-state index contributed by atoms with van der Waals surface area (Å²) in [5.41, 5.74) is 4.39. The molecule has 1 nitrogen and oxygen atoms in total. The average molecular weight is 241 g/mol. The van der Waals surface area contributed by atoms with Gasteiger partial charge in [-0.05, 0) is 36.6 Å². The molecule has 1 heterocycles. The third-order valence-electron chi connectivity index (χ3n) is 3.61. The molecule has 0 bridgehead atoms. The molecule has 0 spiro atoms. The highest BCUT2D eigenvalue weighted by molar-refractivity contribution is 5.58. The van der Waals surface area contributed by atoms with Crippen LogP contribution in [0.1, 0.15) is 29.0 Å². The molecule has 3 rings (SSSR count). The minimum Gasteiger partial charge on any atom is -0.385 e. The number of aryl methyl sites for hydroxylation is 1. The van der Waals surface area contributed by atoms with E-state index in [9.17, 15) is 4.39 Å². The molecule has 2 aromatic rings. The van der Waals surface area contributed by atoms with E-state index < -0.39 is 0 Å². The summed E-state index contributed by atoms with van der Waals surface area (Å²) >= 11 is 0. The van der Waals surface area contributed by atoms with Gasteiger partial charge in [0.25, 0.3) is 0 Å². The van der Waals surface area contributed by atoms with Crippen LogP contribution in [-0.2, 0) is 0 Å². The van der Waals surface area contributed by atoms with E-state index in [1.807, 2.05) is 12.1 Å². The van der Waals surface area contributed by atoms with Gasteiger partial charge in [-0.1, -0.05) is 35.9 Å². The van der Waals surface area contributed by atoms with Gasteiger partial charge in [0, 0.05) is 18.2 Å². The number of benzene rings is 2. The van der Waals surface area contributed by atoms with Crippen molar-refractivity contribution < 1.29 is 4.39 Å². The van der Waals surface area contributed by atoms with Gasteiger partial charge in [0.2, 0.25) is 0 Å². The lowest BCUT2D eigenvalue weighted by Gasteiger charge is -2.27. The van der Waals surface area contributed by atoms with Crippen molar-refractivity contribution in [3.8, 4) is 0 Å². The Morgan fingerprint density at radius 2 is 1.94 bits per heavy atom. The Balaban J connectivity index is 2.11. The van der Waals surface area contributed by atoms with Crippen molar-refractivity contribution in [2.45, 2.75) is 19.3 Å². The van der Waals surface area contributed by atoms with Crippen LogP contribution in [0.4, 0.5) is 10.1 Å². The lowest BCUT2D eigenvalue weighted by molar-refractivity contribution is 0.585. The second kappa shape index (κ2) is 4.45. The van der Waals surface area contributed by atoms with Crippen LogP contribution in [0, 0.1) is 12.7 Å². The Morgan fingerprint density at radius 3 is 2.78 bits per heavy atom. The zero-order valence-electron chi connectivity index (χ0n) is 10.4. The molecule has 1 atom stereocenters. The molecule has 2 heteroatoms. The van der Waals surface area contributed by atoms with Gasteiger partial charge in [-0.15, -0.1) is 0 Å². The normalized spacial score (nSPS) is 18.0. The third kappa shape index (κ3) is 1.88. The fourth-order valence-electron chi connectivity index (χ4n) is 2.72. The highest BCUT2D eigenvalue weighted by Crippen LogP contribution is 2.37. The standard InChI is InChI=1S/C16H16FN/c1-11-6-7-16-14(10-11)12(8-9-18-16)13-4-2-3-5-15(13)17/h2-7,10,12,18H,8-9H2,1H3. The third-order valence-corrected chi connectivity index (χ3v) is 3.61. The molecular formula is C16H16FN. The van der Waals surface area contributed by atoms with Gasteiger partial charge in [-0.25, -0.2) is 4.39 Å². The SMILES string of the molecule is Cc1ccc2c(c1)C(c1ccccc1F)CCN2. The van der Waals surface area contributed by atoms with Crippen molar-refractivity contribution in [2.24, 2.45) is 0 Å². The summed E-state index contributed by atoms with van der Waals surface area (Å²) < 4.78 is 13.9. The Hall–Kier alpha value is -1.83. The monoisotopic (exact) mass is 241 g/mol. The second-order valence-electron chi connectivity index (χ2n) is 4.88. The molecule has 1 aliphatic rings. The zero-order valence-corrected chi connectivity index (χ0v) is 10.4. The average Bonchev–Trinajstić information content (AvgIpc) is 2.39. The van der Waals surface area contributed by atoms with Crippen molar-refractivity contribution in [1.29, 1.82) is 0 Å². The summed E-state index contributed by atoms with van der Waals surface area (Å²) in [7, 11) is 0. The molecule has 0 aromatic heterocycles. The lowest BCUT2D eigenvalue weighted by Crippen LogP contribution is -2.18. The molecule has 0 amide bonds. The first kappa shape index (κ1) is 11.3. The van der Waals surface area contributed by atoms with E-state index >= 15 is 0 Å². The topological polar surface area (TPSA) is 12.0 Å². The number of hydrogen-bond acceptors (Lipinski definition) is 1. The largest absolute Gasteiger partial charge is 0.385 e. The van der Waals surface area contributed by atoms with Gasteiger partial charge in [-0.2, -0.15) is 0 Å². The van der Waals surface area contributed by atoms with Crippen molar-refractivity contribution in [3.05, 3.63) is 65.0 Å². The Bertz CT molecular complexity index is 577. The lowest BCUT2D eigenvalue weighted by atomic mass is 9.84. The smallest absolute Gasteiger partial charge is 0.127 e. The highest BCUT2D eigenvalue weighted by Gasteiger charge is 2.23. The molecule has 0 aliphatic carbocycles. The molecule has 1 unspecified atom stereocenters. The van der Waals surface area contributed by atoms with Crippen LogP contribution in [0.25, 0.3) is 0 Å². The number of anilines is 1. The minimum absolute atomic E-state index is 0.100. The van der Waals surface area contributed by atoms with Crippen LogP contribution in [0.5, 0.6) is 0 Å². The summed E-state index contributed by atoms with van der Waals surface area (Å²) in [6.45, 7) is 2.97. The summed E-state index contributed by atoms with van der Waals surface area (Å²) in [6.07, 6.45) is 0.942. The maximum atomic E-state index is 13.9. The molecule has 2 aromatic carbocycles. The maximum absolute atomic E-state index is 13.9. The Morgan fingerprint density at radius 1 is 1.11 bits per heavy atom. The van der Waals surface area contributed by atoms with Crippen molar-refractivity contribution in [3.63, 3.8) is 0 Å². The number of halogens is 1. The van der Waals surface area contributed by atoms with E-state index in [-0.39, 0.29) is 11.7 Å². The molecular weight excluding hydrogens is 225 g/mol. The van der Waals surface area contributed by atoms with Crippen molar-refractivity contribution in [1.82, 2.24) is 0 Å². The highest BCUT2D eigenvalue weighted by atomic mass is 19.1. The van der Waals surface area contributed by atoms with Crippen LogP contribution >= 0.6 is 0 Å². The van der Waals surface area contributed by atoms with E-state index in [1.165, 1.54) is 11.1 Å². The van der Waals surface area contributed by atoms with Gasteiger partial charge in [0.1, 0.15) is 5.82 Å². The second-order valence-corrected chi connectivity index (χ2v) is 4.88. The summed E-state index contributed by atoms with van der Waals surface area (Å²) in [6, 6.07) is 13.5. The Kier molecular flexibility index (Phi) is 2.78. The summed E-state index contributed by atoms with van der Waals surface area (Å²) in [4.78, 5) is 0. The van der Waals surface area contributed by atoms with Crippen LogP contribution in [-0.4, -0.2) is 6.54 Å². The molecule has 1 aliphatic heterocycles. The summed E-state index contributed by atoms with van der Waals surface area (Å²) in [5.74, 6) is 0.0687. The van der Waals surface area contributed by atoms with Crippen molar-refractivity contribution >= 4 is 5.69 Å². The van der Waals surface area contributed by atoms with Gasteiger partial charge < -0.3 is 5.32 Å². The predicted octanol–water partition coefficient (Wildman–Crippen LogP) is 4.08. The van der Waals surface area contributed by atoms with E-state index in [2.05, 4.69) is 30.4 Å². The van der Waals surface area contributed by atoms with Crippen LogP contribution < -0.4 is 5.32 Å². The first-order chi connectivity index (χ1) is 8.75. The zero-order chi connectivity index (χ0) is 12.5. The van der Waals surface area contributed by atoms with E-state index in [1.54, 1.807) is 12.1 Å². The van der Waals surface area contributed by atoms with Crippen molar-refractivity contribution in [2.75, 3.05) is 11.9 Å². The van der Waals surface area contributed by atoms with Gasteiger partial charge in [-0.3, -0.25) is 0 Å². The van der Waals surface area contributed by atoms with E-state index in [0.717, 1.165) is 24.2 Å². The molecule has 0 saturated carbocycles.